The summed E-state index contributed by atoms with van der Waals surface area (Å²) in [6.45, 7) is 5.51. The zero-order chi connectivity index (χ0) is 14.5. The first-order valence-corrected chi connectivity index (χ1v) is 7.39. The molecule has 1 aliphatic rings. The number of imidazole rings is 1. The fraction of sp³-hybridized carbons (Fsp3) is 0.438. The van der Waals surface area contributed by atoms with Crippen molar-refractivity contribution in [2.24, 2.45) is 0 Å². The minimum absolute atomic E-state index is 0.303. The molecule has 2 aromatic rings. The molecule has 112 valence electrons. The molecule has 1 saturated heterocycles. The normalized spacial score (nSPS) is 16.2. The fourth-order valence-electron chi connectivity index (χ4n) is 2.59. The van der Waals surface area contributed by atoms with Crippen LogP contribution in [0.15, 0.2) is 36.7 Å². The molecule has 0 atom stereocenters. The summed E-state index contributed by atoms with van der Waals surface area (Å²) in [5, 5.41) is 9.33. The standard InChI is InChI=1S/C16H21N3O2/c20-15-3-1-14(2-4-15)13-19-8-6-17-16(19)5-7-18-9-11-21-12-10-18/h1-4,6,8,20H,5,7,9-13H2. The van der Waals surface area contributed by atoms with Gasteiger partial charge in [-0.25, -0.2) is 4.98 Å². The Balaban J connectivity index is 1.59. The quantitative estimate of drug-likeness (QED) is 0.905. The highest BCUT2D eigenvalue weighted by molar-refractivity contribution is 5.26. The topological polar surface area (TPSA) is 50.5 Å². The highest BCUT2D eigenvalue weighted by Gasteiger charge is 2.11. The van der Waals surface area contributed by atoms with E-state index in [1.165, 1.54) is 5.56 Å². The van der Waals surface area contributed by atoms with Crippen molar-refractivity contribution in [2.75, 3.05) is 32.8 Å². The van der Waals surface area contributed by atoms with Gasteiger partial charge in [0.25, 0.3) is 0 Å². The average molecular weight is 287 g/mol. The zero-order valence-electron chi connectivity index (χ0n) is 12.1. The molecule has 0 spiro atoms. The molecule has 0 amide bonds. The third-order valence-corrected chi connectivity index (χ3v) is 3.85. The van der Waals surface area contributed by atoms with Gasteiger partial charge in [-0.15, -0.1) is 0 Å². The number of phenolic OH excluding ortho intramolecular Hbond substituents is 1. The molecule has 2 heterocycles. The van der Waals surface area contributed by atoms with Gasteiger partial charge in [-0.2, -0.15) is 0 Å². The van der Waals surface area contributed by atoms with Crippen molar-refractivity contribution in [3.63, 3.8) is 0 Å². The lowest BCUT2D eigenvalue weighted by Gasteiger charge is -2.26. The largest absolute Gasteiger partial charge is 0.508 e. The molecule has 0 unspecified atom stereocenters. The van der Waals surface area contributed by atoms with Crippen molar-refractivity contribution in [1.29, 1.82) is 0 Å². The predicted molar refractivity (Wildman–Crippen MR) is 80.4 cm³/mol. The minimum atomic E-state index is 0.303. The van der Waals surface area contributed by atoms with Crippen molar-refractivity contribution in [2.45, 2.75) is 13.0 Å². The van der Waals surface area contributed by atoms with Crippen LogP contribution in [0.4, 0.5) is 0 Å². The van der Waals surface area contributed by atoms with Gasteiger partial charge in [-0.3, -0.25) is 4.90 Å². The lowest BCUT2D eigenvalue weighted by atomic mass is 10.2. The van der Waals surface area contributed by atoms with E-state index in [1.54, 1.807) is 12.1 Å². The lowest BCUT2D eigenvalue weighted by molar-refractivity contribution is 0.0381. The molecule has 1 aromatic heterocycles. The van der Waals surface area contributed by atoms with Gasteiger partial charge in [-0.05, 0) is 17.7 Å². The fourth-order valence-corrected chi connectivity index (χ4v) is 2.59. The second-order valence-electron chi connectivity index (χ2n) is 5.34. The number of aromatic hydroxyl groups is 1. The summed E-state index contributed by atoms with van der Waals surface area (Å²) in [5.41, 5.74) is 1.17. The van der Waals surface area contributed by atoms with Gasteiger partial charge in [0.05, 0.1) is 13.2 Å². The molecule has 0 saturated carbocycles. The number of aromatic nitrogens is 2. The summed E-state index contributed by atoms with van der Waals surface area (Å²) in [4.78, 5) is 6.89. The van der Waals surface area contributed by atoms with Gasteiger partial charge >= 0.3 is 0 Å². The van der Waals surface area contributed by atoms with E-state index in [1.807, 2.05) is 24.5 Å². The van der Waals surface area contributed by atoms with E-state index in [4.69, 9.17) is 4.74 Å². The Morgan fingerprint density at radius 2 is 1.90 bits per heavy atom. The van der Waals surface area contributed by atoms with E-state index in [0.29, 0.717) is 5.75 Å². The molecule has 5 nitrogen and oxygen atoms in total. The summed E-state index contributed by atoms with van der Waals surface area (Å²) in [7, 11) is 0. The van der Waals surface area contributed by atoms with Crippen molar-refractivity contribution in [3.05, 3.63) is 48.0 Å². The summed E-state index contributed by atoms with van der Waals surface area (Å²) < 4.78 is 7.54. The van der Waals surface area contributed by atoms with Gasteiger partial charge in [0.1, 0.15) is 11.6 Å². The van der Waals surface area contributed by atoms with Gasteiger partial charge in [0.15, 0.2) is 0 Å². The smallest absolute Gasteiger partial charge is 0.115 e. The van der Waals surface area contributed by atoms with Gasteiger partial charge < -0.3 is 14.4 Å². The van der Waals surface area contributed by atoms with Crippen molar-refractivity contribution in [1.82, 2.24) is 14.5 Å². The Morgan fingerprint density at radius 3 is 2.67 bits per heavy atom. The third kappa shape index (κ3) is 3.83. The number of morpholine rings is 1. The maximum atomic E-state index is 9.33. The van der Waals surface area contributed by atoms with Crippen LogP contribution in [0.1, 0.15) is 11.4 Å². The highest BCUT2D eigenvalue weighted by Crippen LogP contribution is 2.12. The van der Waals surface area contributed by atoms with Crippen LogP contribution in [0.5, 0.6) is 5.75 Å². The number of nitrogens with zero attached hydrogens (tertiary/aromatic N) is 3. The number of phenols is 1. The molecule has 21 heavy (non-hydrogen) atoms. The number of benzene rings is 1. The van der Waals surface area contributed by atoms with E-state index in [2.05, 4.69) is 14.5 Å². The first kappa shape index (κ1) is 14.1. The Labute approximate surface area is 124 Å². The van der Waals surface area contributed by atoms with E-state index in [9.17, 15) is 5.11 Å². The van der Waals surface area contributed by atoms with Gasteiger partial charge in [0, 0.05) is 45.0 Å². The second kappa shape index (κ2) is 6.74. The molecule has 1 N–H and O–H groups in total. The maximum Gasteiger partial charge on any atom is 0.115 e. The zero-order valence-corrected chi connectivity index (χ0v) is 12.1. The SMILES string of the molecule is Oc1ccc(Cn2ccnc2CCN2CCOCC2)cc1. The van der Waals surface area contributed by atoms with Crippen LogP contribution in [0.25, 0.3) is 0 Å². The monoisotopic (exact) mass is 287 g/mol. The van der Waals surface area contributed by atoms with Crippen LogP contribution in [0, 0.1) is 0 Å². The molecule has 0 radical (unpaired) electrons. The van der Waals surface area contributed by atoms with Crippen LogP contribution in [0.2, 0.25) is 0 Å². The first-order valence-electron chi connectivity index (χ1n) is 7.39. The minimum Gasteiger partial charge on any atom is -0.508 e. The Bertz CT molecular complexity index is 559. The maximum absolute atomic E-state index is 9.33. The molecular formula is C16H21N3O2. The van der Waals surface area contributed by atoms with Crippen LogP contribution in [-0.4, -0.2) is 52.4 Å². The molecule has 5 heteroatoms. The second-order valence-corrected chi connectivity index (χ2v) is 5.34. The number of ether oxygens (including phenoxy) is 1. The van der Waals surface area contributed by atoms with Crippen LogP contribution in [-0.2, 0) is 17.7 Å². The Hall–Kier alpha value is -1.85. The summed E-state index contributed by atoms with van der Waals surface area (Å²) in [6.07, 6.45) is 4.82. The molecule has 1 aliphatic heterocycles. The molecular weight excluding hydrogens is 266 g/mol. The highest BCUT2D eigenvalue weighted by atomic mass is 16.5. The summed E-state index contributed by atoms with van der Waals surface area (Å²) in [6, 6.07) is 7.33. The van der Waals surface area contributed by atoms with Gasteiger partial charge in [0.2, 0.25) is 0 Å². The number of rotatable bonds is 5. The molecule has 1 aromatic carbocycles. The molecule has 1 fully saturated rings. The first-order chi connectivity index (χ1) is 10.3. The third-order valence-electron chi connectivity index (χ3n) is 3.85. The Kier molecular flexibility index (Phi) is 4.52. The average Bonchev–Trinajstić information content (AvgIpc) is 2.96. The Morgan fingerprint density at radius 1 is 1.14 bits per heavy atom. The van der Waals surface area contributed by atoms with Crippen molar-refractivity contribution < 1.29 is 9.84 Å². The van der Waals surface area contributed by atoms with Crippen molar-refractivity contribution >= 4 is 0 Å². The molecule has 3 rings (SSSR count). The molecule has 0 aliphatic carbocycles. The van der Waals surface area contributed by atoms with E-state index in [-0.39, 0.29) is 0 Å². The number of hydrogen-bond acceptors (Lipinski definition) is 4. The van der Waals surface area contributed by atoms with Crippen molar-refractivity contribution in [3.8, 4) is 5.75 Å². The lowest BCUT2D eigenvalue weighted by Crippen LogP contribution is -2.37. The summed E-state index contributed by atoms with van der Waals surface area (Å²) >= 11 is 0. The van der Waals surface area contributed by atoms with E-state index in [0.717, 1.165) is 51.6 Å². The predicted octanol–water partition coefficient (Wildman–Crippen LogP) is 1.51. The van der Waals surface area contributed by atoms with Crippen LogP contribution in [0.3, 0.4) is 0 Å². The van der Waals surface area contributed by atoms with E-state index >= 15 is 0 Å². The van der Waals surface area contributed by atoms with Crippen LogP contribution < -0.4 is 0 Å². The molecule has 0 bridgehead atoms. The van der Waals surface area contributed by atoms with Crippen LogP contribution >= 0.6 is 0 Å². The summed E-state index contributed by atoms with van der Waals surface area (Å²) in [5.74, 6) is 1.41. The number of hydrogen-bond donors (Lipinski definition) is 1. The van der Waals surface area contributed by atoms with E-state index < -0.39 is 0 Å². The van der Waals surface area contributed by atoms with Gasteiger partial charge in [-0.1, -0.05) is 12.1 Å².